The van der Waals surface area contributed by atoms with Gasteiger partial charge in [0.15, 0.2) is 5.69 Å². The number of amides is 2. The first-order valence-corrected chi connectivity index (χ1v) is 7.26. The number of hydrogen-bond acceptors (Lipinski definition) is 4. The normalized spacial score (nSPS) is 11.3. The van der Waals surface area contributed by atoms with Crippen molar-refractivity contribution in [1.82, 2.24) is 20.4 Å². The van der Waals surface area contributed by atoms with E-state index in [9.17, 15) is 14.4 Å². The molecule has 0 spiro atoms. The van der Waals surface area contributed by atoms with E-state index in [-0.39, 0.29) is 18.1 Å². The fraction of sp³-hybridized carbons (Fsp3) is 0.375. The average Bonchev–Trinajstić information content (AvgIpc) is 2.47. The fourth-order valence-electron chi connectivity index (χ4n) is 2.22. The van der Waals surface area contributed by atoms with Gasteiger partial charge in [-0.05, 0) is 26.8 Å². The Bertz CT molecular complexity index is 818. The van der Waals surface area contributed by atoms with Crippen LogP contribution in [-0.2, 0) is 11.3 Å². The van der Waals surface area contributed by atoms with Crippen LogP contribution in [0.2, 0.25) is 0 Å². The third-order valence-corrected chi connectivity index (χ3v) is 3.12. The van der Waals surface area contributed by atoms with Crippen LogP contribution in [0.25, 0.3) is 10.8 Å². The Balaban J connectivity index is 2.53. The lowest BCUT2D eigenvalue weighted by Gasteiger charge is -2.20. The Morgan fingerprint density at radius 3 is 2.35 bits per heavy atom. The van der Waals surface area contributed by atoms with Gasteiger partial charge >= 0.3 is 0 Å². The minimum atomic E-state index is -0.416. The molecule has 122 valence electrons. The molecule has 0 saturated heterocycles. The molecule has 2 aromatic rings. The smallest absolute Gasteiger partial charge is 0.275 e. The van der Waals surface area contributed by atoms with Gasteiger partial charge in [0.2, 0.25) is 5.91 Å². The minimum absolute atomic E-state index is 0.117. The first-order chi connectivity index (χ1) is 10.7. The highest BCUT2D eigenvalue weighted by Gasteiger charge is 2.19. The van der Waals surface area contributed by atoms with E-state index in [2.05, 4.69) is 15.7 Å². The second-order valence-electron chi connectivity index (χ2n) is 6.23. The van der Waals surface area contributed by atoms with Crippen LogP contribution in [0.5, 0.6) is 0 Å². The maximum atomic E-state index is 12.5. The van der Waals surface area contributed by atoms with Crippen LogP contribution in [-0.4, -0.2) is 34.2 Å². The molecular formula is C16H20N4O3. The second-order valence-corrected chi connectivity index (χ2v) is 6.23. The number of carbonyl (C=O) groups excluding carboxylic acids is 2. The highest BCUT2D eigenvalue weighted by Crippen LogP contribution is 2.13. The van der Waals surface area contributed by atoms with Crippen LogP contribution >= 0.6 is 0 Å². The van der Waals surface area contributed by atoms with Crippen LogP contribution < -0.4 is 16.2 Å². The molecule has 2 amide bonds. The van der Waals surface area contributed by atoms with Gasteiger partial charge in [0, 0.05) is 18.0 Å². The lowest BCUT2D eigenvalue weighted by molar-refractivity contribution is -0.123. The summed E-state index contributed by atoms with van der Waals surface area (Å²) in [5, 5.41) is 10.1. The van der Waals surface area contributed by atoms with Crippen LogP contribution in [0.4, 0.5) is 0 Å². The van der Waals surface area contributed by atoms with Crippen molar-refractivity contribution in [2.75, 3.05) is 7.05 Å². The molecule has 0 aliphatic heterocycles. The van der Waals surface area contributed by atoms with E-state index in [1.165, 1.54) is 7.05 Å². The van der Waals surface area contributed by atoms with Gasteiger partial charge in [-0.15, -0.1) is 0 Å². The zero-order chi connectivity index (χ0) is 17.2. The molecule has 23 heavy (non-hydrogen) atoms. The van der Waals surface area contributed by atoms with Gasteiger partial charge < -0.3 is 10.6 Å². The summed E-state index contributed by atoms with van der Waals surface area (Å²) in [5.41, 5.74) is -0.704. The highest BCUT2D eigenvalue weighted by atomic mass is 16.2. The van der Waals surface area contributed by atoms with Crippen LogP contribution in [0, 0.1) is 0 Å². The number of rotatable bonds is 3. The van der Waals surface area contributed by atoms with E-state index in [1.54, 1.807) is 24.3 Å². The van der Waals surface area contributed by atoms with E-state index >= 15 is 0 Å². The summed E-state index contributed by atoms with van der Waals surface area (Å²) in [6, 6.07) is 6.71. The second kappa shape index (κ2) is 6.20. The average molecular weight is 316 g/mol. The Hall–Kier alpha value is -2.70. The van der Waals surface area contributed by atoms with Crippen molar-refractivity contribution in [3.8, 4) is 0 Å². The Morgan fingerprint density at radius 2 is 1.78 bits per heavy atom. The Morgan fingerprint density at radius 1 is 1.17 bits per heavy atom. The monoisotopic (exact) mass is 316 g/mol. The number of hydrogen-bond donors (Lipinski definition) is 2. The molecule has 0 unspecified atom stereocenters. The lowest BCUT2D eigenvalue weighted by Crippen LogP contribution is -2.44. The van der Waals surface area contributed by atoms with Gasteiger partial charge in [-0.25, -0.2) is 4.68 Å². The predicted octanol–water partition coefficient (Wildman–Crippen LogP) is 0.671. The molecule has 0 saturated carbocycles. The van der Waals surface area contributed by atoms with E-state index < -0.39 is 17.0 Å². The molecule has 1 heterocycles. The summed E-state index contributed by atoms with van der Waals surface area (Å²) in [7, 11) is 1.49. The van der Waals surface area contributed by atoms with Crippen molar-refractivity contribution < 1.29 is 9.59 Å². The van der Waals surface area contributed by atoms with E-state index in [0.717, 1.165) is 4.68 Å². The van der Waals surface area contributed by atoms with Crippen molar-refractivity contribution in [1.29, 1.82) is 0 Å². The summed E-state index contributed by atoms with van der Waals surface area (Å²) in [4.78, 5) is 36.6. The molecule has 1 aromatic carbocycles. The third kappa shape index (κ3) is 3.74. The molecule has 0 bridgehead atoms. The largest absolute Gasteiger partial charge is 0.354 e. The molecule has 0 aliphatic rings. The van der Waals surface area contributed by atoms with Crippen LogP contribution in [0.15, 0.2) is 29.1 Å². The summed E-state index contributed by atoms with van der Waals surface area (Å²) in [6.07, 6.45) is 0. The van der Waals surface area contributed by atoms with Crippen molar-refractivity contribution in [2.24, 2.45) is 0 Å². The number of fused-ring (bicyclic) bond motifs is 1. The molecule has 1 aromatic heterocycles. The third-order valence-electron chi connectivity index (χ3n) is 3.12. The quantitative estimate of drug-likeness (QED) is 0.870. The molecule has 0 radical (unpaired) electrons. The van der Waals surface area contributed by atoms with Gasteiger partial charge in [0.1, 0.15) is 6.54 Å². The standard InChI is InChI=1S/C16H20N4O3/c1-16(2,3)18-12(21)9-20-15(23)11-8-6-5-7-10(11)13(19-20)14(22)17-4/h5-8H,9H2,1-4H3,(H,17,22)(H,18,21). The number of carbonyl (C=O) groups is 2. The highest BCUT2D eigenvalue weighted by molar-refractivity contribution is 6.04. The Labute approximate surface area is 133 Å². The maximum absolute atomic E-state index is 12.5. The molecule has 2 N–H and O–H groups in total. The van der Waals surface area contributed by atoms with Gasteiger partial charge in [-0.3, -0.25) is 14.4 Å². The first kappa shape index (κ1) is 16.7. The van der Waals surface area contributed by atoms with E-state index in [1.807, 2.05) is 20.8 Å². The van der Waals surface area contributed by atoms with Gasteiger partial charge in [0.05, 0.1) is 5.39 Å². The van der Waals surface area contributed by atoms with Crippen LogP contribution in [0.1, 0.15) is 31.3 Å². The molecular weight excluding hydrogens is 296 g/mol. The zero-order valence-corrected chi connectivity index (χ0v) is 13.6. The van der Waals surface area contributed by atoms with Gasteiger partial charge in [0.25, 0.3) is 11.5 Å². The fourth-order valence-corrected chi connectivity index (χ4v) is 2.22. The molecule has 7 heteroatoms. The summed E-state index contributed by atoms with van der Waals surface area (Å²) < 4.78 is 1.02. The zero-order valence-electron chi connectivity index (χ0n) is 13.6. The Kier molecular flexibility index (Phi) is 4.49. The molecule has 0 fully saturated rings. The number of nitrogens with zero attached hydrogens (tertiary/aromatic N) is 2. The van der Waals surface area contributed by atoms with Crippen molar-refractivity contribution in [3.05, 3.63) is 40.3 Å². The summed E-state index contributed by atoms with van der Waals surface area (Å²) in [5.74, 6) is -0.753. The maximum Gasteiger partial charge on any atom is 0.275 e. The molecule has 0 atom stereocenters. The predicted molar refractivity (Wildman–Crippen MR) is 87.3 cm³/mol. The van der Waals surface area contributed by atoms with Gasteiger partial charge in [-0.2, -0.15) is 5.10 Å². The van der Waals surface area contributed by atoms with E-state index in [4.69, 9.17) is 0 Å². The number of benzene rings is 1. The van der Waals surface area contributed by atoms with Gasteiger partial charge in [-0.1, -0.05) is 18.2 Å². The van der Waals surface area contributed by atoms with Crippen molar-refractivity contribution in [3.63, 3.8) is 0 Å². The topological polar surface area (TPSA) is 93.1 Å². The molecule has 2 rings (SSSR count). The van der Waals surface area contributed by atoms with Crippen molar-refractivity contribution >= 4 is 22.6 Å². The molecule has 7 nitrogen and oxygen atoms in total. The first-order valence-electron chi connectivity index (χ1n) is 7.26. The number of aromatic nitrogens is 2. The number of nitrogens with one attached hydrogen (secondary N) is 2. The lowest BCUT2D eigenvalue weighted by atomic mass is 10.1. The van der Waals surface area contributed by atoms with E-state index in [0.29, 0.717) is 10.8 Å². The summed E-state index contributed by atoms with van der Waals surface area (Å²) in [6.45, 7) is 5.29. The summed E-state index contributed by atoms with van der Waals surface area (Å²) >= 11 is 0. The molecule has 0 aliphatic carbocycles. The SMILES string of the molecule is CNC(=O)c1nn(CC(=O)NC(C)(C)C)c(=O)c2ccccc12. The van der Waals surface area contributed by atoms with Crippen molar-refractivity contribution in [2.45, 2.75) is 32.9 Å². The minimum Gasteiger partial charge on any atom is -0.354 e. The van der Waals surface area contributed by atoms with Crippen LogP contribution in [0.3, 0.4) is 0 Å².